The van der Waals surface area contributed by atoms with E-state index in [1.807, 2.05) is 38.2 Å². The van der Waals surface area contributed by atoms with Gasteiger partial charge in [-0.1, -0.05) is 18.7 Å². The van der Waals surface area contributed by atoms with E-state index in [1.165, 1.54) is 11.8 Å². The van der Waals surface area contributed by atoms with E-state index >= 15 is 0 Å². The highest BCUT2D eigenvalue weighted by Gasteiger charge is 2.21. The maximum atomic E-state index is 10.3. The van der Waals surface area contributed by atoms with Crippen LogP contribution < -0.4 is 10.6 Å². The third-order valence-corrected chi connectivity index (χ3v) is 3.30. The molecular formula is C14H27N5OS. The van der Waals surface area contributed by atoms with Crippen LogP contribution in [0.15, 0.2) is 11.2 Å². The van der Waals surface area contributed by atoms with Crippen LogP contribution in [0.2, 0.25) is 0 Å². The van der Waals surface area contributed by atoms with Crippen LogP contribution in [0, 0.1) is 0 Å². The molecular weight excluding hydrogens is 286 g/mol. The van der Waals surface area contributed by atoms with Crippen molar-refractivity contribution in [1.82, 2.24) is 14.9 Å². The number of aliphatic hydroxyl groups is 1. The van der Waals surface area contributed by atoms with Gasteiger partial charge < -0.3 is 20.6 Å². The number of aromatic nitrogens is 2. The van der Waals surface area contributed by atoms with Gasteiger partial charge in [0.1, 0.15) is 11.6 Å². The average molecular weight is 313 g/mol. The number of hydrogen-bond donors (Lipinski definition) is 3. The van der Waals surface area contributed by atoms with Crippen LogP contribution in [0.4, 0.5) is 11.6 Å². The number of thioether (sulfide) groups is 1. The lowest BCUT2D eigenvalue weighted by atomic mass is 10.1. The number of hydrogen-bond acceptors (Lipinski definition) is 7. The lowest BCUT2D eigenvalue weighted by Crippen LogP contribution is -2.43. The molecule has 0 aliphatic rings. The summed E-state index contributed by atoms with van der Waals surface area (Å²) in [5.74, 6) is 1.54. The molecule has 6 nitrogen and oxygen atoms in total. The number of anilines is 2. The Balaban J connectivity index is 2.73. The first kappa shape index (κ1) is 18.0. The van der Waals surface area contributed by atoms with Gasteiger partial charge in [0, 0.05) is 25.7 Å². The van der Waals surface area contributed by atoms with Crippen molar-refractivity contribution in [2.24, 2.45) is 0 Å². The van der Waals surface area contributed by atoms with Gasteiger partial charge in [0.25, 0.3) is 0 Å². The van der Waals surface area contributed by atoms with Gasteiger partial charge in [0.2, 0.25) is 0 Å². The molecule has 0 aromatic carbocycles. The van der Waals surface area contributed by atoms with Crippen molar-refractivity contribution in [3.05, 3.63) is 6.07 Å². The fourth-order valence-corrected chi connectivity index (χ4v) is 2.35. The van der Waals surface area contributed by atoms with E-state index in [9.17, 15) is 5.11 Å². The first-order valence-corrected chi connectivity index (χ1v) is 8.36. The van der Waals surface area contributed by atoms with E-state index in [-0.39, 0.29) is 0 Å². The molecule has 0 bridgehead atoms. The van der Waals surface area contributed by atoms with Crippen LogP contribution in [0.3, 0.4) is 0 Å². The van der Waals surface area contributed by atoms with Crippen molar-refractivity contribution >= 4 is 23.4 Å². The van der Waals surface area contributed by atoms with E-state index in [0.717, 1.165) is 24.6 Å². The smallest absolute Gasteiger partial charge is 0.191 e. The third kappa shape index (κ3) is 6.97. The normalized spacial score (nSPS) is 14.0. The minimum Gasteiger partial charge on any atom is -0.387 e. The second-order valence-corrected chi connectivity index (χ2v) is 6.41. The fourth-order valence-electron chi connectivity index (χ4n) is 1.97. The van der Waals surface area contributed by atoms with Crippen LogP contribution in [0.25, 0.3) is 0 Å². The van der Waals surface area contributed by atoms with E-state index < -0.39 is 5.60 Å². The molecule has 0 fully saturated rings. The van der Waals surface area contributed by atoms with Crippen LogP contribution in [0.1, 0.15) is 20.3 Å². The predicted octanol–water partition coefficient (Wildman–Crippen LogP) is 1.74. The molecule has 0 saturated heterocycles. The van der Waals surface area contributed by atoms with Crippen LogP contribution in [-0.4, -0.2) is 65.6 Å². The van der Waals surface area contributed by atoms with E-state index in [1.54, 1.807) is 0 Å². The van der Waals surface area contributed by atoms with Crippen molar-refractivity contribution in [1.29, 1.82) is 0 Å². The summed E-state index contributed by atoms with van der Waals surface area (Å²) in [6.45, 7) is 5.82. The monoisotopic (exact) mass is 313 g/mol. The van der Waals surface area contributed by atoms with Gasteiger partial charge in [-0.05, 0) is 33.7 Å². The summed E-state index contributed by atoms with van der Waals surface area (Å²) in [5.41, 5.74) is -0.815. The molecule has 1 unspecified atom stereocenters. The van der Waals surface area contributed by atoms with Gasteiger partial charge in [0.05, 0.1) is 5.60 Å². The number of likely N-dealkylation sites (N-methyl/N-ethyl adjacent to an activating group) is 1. The molecule has 0 aliphatic carbocycles. The van der Waals surface area contributed by atoms with Gasteiger partial charge in [-0.15, -0.1) is 0 Å². The van der Waals surface area contributed by atoms with Crippen molar-refractivity contribution in [2.45, 2.75) is 31.0 Å². The molecule has 0 saturated carbocycles. The minimum absolute atomic E-state index is 0.434. The Labute approximate surface area is 131 Å². The Morgan fingerprint density at radius 2 is 1.90 bits per heavy atom. The maximum Gasteiger partial charge on any atom is 0.191 e. The summed E-state index contributed by atoms with van der Waals surface area (Å²) < 4.78 is 0. The molecule has 7 heteroatoms. The second kappa shape index (κ2) is 8.41. The maximum absolute atomic E-state index is 10.3. The lowest BCUT2D eigenvalue weighted by molar-refractivity contribution is 0.0459. The first-order chi connectivity index (χ1) is 9.86. The molecule has 3 N–H and O–H groups in total. The van der Waals surface area contributed by atoms with E-state index in [2.05, 4.69) is 27.5 Å². The van der Waals surface area contributed by atoms with Gasteiger partial charge >= 0.3 is 0 Å². The van der Waals surface area contributed by atoms with Crippen molar-refractivity contribution in [3.8, 4) is 0 Å². The summed E-state index contributed by atoms with van der Waals surface area (Å²) in [6, 6.07) is 1.88. The Hall–Kier alpha value is -1.05. The topological polar surface area (TPSA) is 73.3 Å². The van der Waals surface area contributed by atoms with Crippen molar-refractivity contribution < 1.29 is 5.11 Å². The number of nitrogens with zero attached hydrogens (tertiary/aromatic N) is 3. The predicted molar refractivity (Wildman–Crippen MR) is 90.3 cm³/mol. The molecule has 1 atom stereocenters. The zero-order valence-electron chi connectivity index (χ0n) is 13.6. The van der Waals surface area contributed by atoms with E-state index in [0.29, 0.717) is 18.2 Å². The van der Waals surface area contributed by atoms with Gasteiger partial charge in [-0.3, -0.25) is 0 Å². The fraction of sp³-hybridized carbons (Fsp3) is 0.714. The van der Waals surface area contributed by atoms with Gasteiger partial charge in [-0.25, -0.2) is 9.97 Å². The SMILES string of the molecule is CCCNc1cc(NCC(C)(O)CN(C)C)nc(SC)n1. The first-order valence-electron chi connectivity index (χ1n) is 7.14. The Bertz CT molecular complexity index is 439. The third-order valence-electron chi connectivity index (χ3n) is 2.75. The molecule has 0 radical (unpaired) electrons. The highest BCUT2D eigenvalue weighted by atomic mass is 32.2. The zero-order valence-corrected chi connectivity index (χ0v) is 14.4. The highest BCUT2D eigenvalue weighted by molar-refractivity contribution is 7.98. The molecule has 1 rings (SSSR count). The van der Waals surface area contributed by atoms with Gasteiger partial charge in [0.15, 0.2) is 5.16 Å². The molecule has 1 aromatic rings. The summed E-state index contributed by atoms with van der Waals surface area (Å²) >= 11 is 1.50. The van der Waals surface area contributed by atoms with Crippen molar-refractivity contribution in [3.63, 3.8) is 0 Å². The molecule has 1 aromatic heterocycles. The standard InChI is InChI=1S/C14H27N5OS/c1-6-7-15-11-8-12(18-13(17-11)21-5)16-9-14(2,20)10-19(3)4/h8,20H,6-7,9-10H2,1-5H3,(H2,15,16,17,18). The second-order valence-electron chi connectivity index (χ2n) is 5.64. The number of nitrogens with one attached hydrogen (secondary N) is 2. The Morgan fingerprint density at radius 1 is 1.29 bits per heavy atom. The van der Waals surface area contributed by atoms with Gasteiger partial charge in [-0.2, -0.15) is 0 Å². The Kier molecular flexibility index (Phi) is 7.21. The average Bonchev–Trinajstić information content (AvgIpc) is 2.41. The number of rotatable bonds is 9. The van der Waals surface area contributed by atoms with Crippen LogP contribution in [0.5, 0.6) is 0 Å². The summed E-state index contributed by atoms with van der Waals surface area (Å²) in [4.78, 5) is 10.8. The molecule has 0 spiro atoms. The van der Waals surface area contributed by atoms with Crippen molar-refractivity contribution in [2.75, 3.05) is 50.6 Å². The minimum atomic E-state index is -0.815. The van der Waals surface area contributed by atoms with E-state index in [4.69, 9.17) is 0 Å². The van der Waals surface area contributed by atoms with Crippen LogP contribution >= 0.6 is 11.8 Å². The molecule has 120 valence electrons. The largest absolute Gasteiger partial charge is 0.387 e. The quantitative estimate of drug-likeness (QED) is 0.474. The highest BCUT2D eigenvalue weighted by Crippen LogP contribution is 2.18. The molecule has 21 heavy (non-hydrogen) atoms. The Morgan fingerprint density at radius 3 is 2.43 bits per heavy atom. The zero-order chi connectivity index (χ0) is 15.9. The summed E-state index contributed by atoms with van der Waals surface area (Å²) in [6.07, 6.45) is 2.99. The molecule has 0 amide bonds. The summed E-state index contributed by atoms with van der Waals surface area (Å²) in [7, 11) is 3.88. The summed E-state index contributed by atoms with van der Waals surface area (Å²) in [5, 5.41) is 17.5. The molecule has 1 heterocycles. The molecule has 0 aliphatic heterocycles. The lowest BCUT2D eigenvalue weighted by Gasteiger charge is -2.27. The van der Waals surface area contributed by atoms with Crippen LogP contribution in [-0.2, 0) is 0 Å².